The number of aryl methyl sites for hydroxylation is 1. The van der Waals surface area contributed by atoms with Crippen molar-refractivity contribution in [2.45, 2.75) is 51.6 Å². The van der Waals surface area contributed by atoms with Gasteiger partial charge in [-0.05, 0) is 31.9 Å². The van der Waals surface area contributed by atoms with Gasteiger partial charge in [0.2, 0.25) is 5.95 Å². The van der Waals surface area contributed by atoms with Crippen molar-refractivity contribution >= 4 is 5.95 Å². The number of nitrogens with zero attached hydrogens (tertiary/aromatic N) is 3. The predicted molar refractivity (Wildman–Crippen MR) is 80.8 cm³/mol. The predicted octanol–water partition coefficient (Wildman–Crippen LogP) is 3.38. The Labute approximate surface area is 120 Å². The van der Waals surface area contributed by atoms with E-state index in [1.807, 2.05) is 25.3 Å². The Bertz CT molecular complexity index is 541. The zero-order valence-electron chi connectivity index (χ0n) is 12.0. The number of imidazole rings is 1. The van der Waals surface area contributed by atoms with Gasteiger partial charge in [-0.2, -0.15) is 0 Å². The lowest BCUT2D eigenvalue weighted by Crippen LogP contribution is -2.24. The fourth-order valence-corrected chi connectivity index (χ4v) is 2.88. The van der Waals surface area contributed by atoms with Crippen molar-refractivity contribution in [2.75, 3.05) is 5.32 Å². The average molecular weight is 270 g/mol. The highest BCUT2D eigenvalue weighted by Gasteiger charge is 2.16. The Kier molecular flexibility index (Phi) is 4.00. The molecule has 1 N–H and O–H groups in total. The molecule has 4 nitrogen and oxygen atoms in total. The molecule has 0 bridgehead atoms. The third kappa shape index (κ3) is 3.18. The third-order valence-corrected chi connectivity index (χ3v) is 3.89. The molecule has 3 rings (SSSR count). The average Bonchev–Trinajstić information content (AvgIpc) is 2.81. The maximum Gasteiger partial charge on any atom is 0.203 e. The molecule has 0 aromatic carbocycles. The lowest BCUT2D eigenvalue weighted by molar-refractivity contribution is 0.459. The van der Waals surface area contributed by atoms with Crippen molar-refractivity contribution in [1.29, 1.82) is 0 Å². The Morgan fingerprint density at radius 3 is 2.85 bits per heavy atom. The number of hydrogen-bond acceptors (Lipinski definition) is 3. The van der Waals surface area contributed by atoms with Gasteiger partial charge in [0.15, 0.2) is 0 Å². The van der Waals surface area contributed by atoms with Gasteiger partial charge in [0, 0.05) is 18.4 Å². The van der Waals surface area contributed by atoms with Crippen molar-refractivity contribution in [2.24, 2.45) is 0 Å². The molecule has 20 heavy (non-hydrogen) atoms. The standard InChI is InChI=1S/C16H22N4/c1-13-11-20(12-15-9-5-6-10-17-15)16(18-13)19-14-7-3-2-4-8-14/h5-6,9-11,14H,2-4,7-8,12H2,1H3,(H,18,19). The summed E-state index contributed by atoms with van der Waals surface area (Å²) >= 11 is 0. The van der Waals surface area contributed by atoms with E-state index in [0.717, 1.165) is 23.9 Å². The molecule has 0 unspecified atom stereocenters. The molecule has 2 heterocycles. The fourth-order valence-electron chi connectivity index (χ4n) is 2.88. The van der Waals surface area contributed by atoms with E-state index in [1.54, 1.807) is 0 Å². The van der Waals surface area contributed by atoms with E-state index < -0.39 is 0 Å². The number of rotatable bonds is 4. The second-order valence-electron chi connectivity index (χ2n) is 5.63. The molecule has 4 heteroatoms. The fraction of sp³-hybridized carbons (Fsp3) is 0.500. The monoisotopic (exact) mass is 270 g/mol. The van der Waals surface area contributed by atoms with Gasteiger partial charge in [0.05, 0.1) is 17.9 Å². The molecule has 0 aliphatic heterocycles. The summed E-state index contributed by atoms with van der Waals surface area (Å²) in [6.45, 7) is 2.82. The van der Waals surface area contributed by atoms with Crippen molar-refractivity contribution in [3.8, 4) is 0 Å². The highest BCUT2D eigenvalue weighted by atomic mass is 15.2. The largest absolute Gasteiger partial charge is 0.353 e. The van der Waals surface area contributed by atoms with E-state index in [0.29, 0.717) is 6.04 Å². The molecule has 1 aliphatic rings. The van der Waals surface area contributed by atoms with Crippen LogP contribution in [0, 0.1) is 6.92 Å². The van der Waals surface area contributed by atoms with Crippen LogP contribution in [0.15, 0.2) is 30.6 Å². The maximum absolute atomic E-state index is 4.62. The molecule has 0 saturated heterocycles. The first kappa shape index (κ1) is 13.2. The highest BCUT2D eigenvalue weighted by Crippen LogP contribution is 2.21. The third-order valence-electron chi connectivity index (χ3n) is 3.89. The summed E-state index contributed by atoms with van der Waals surface area (Å²) in [6, 6.07) is 6.61. The molecule has 0 spiro atoms. The number of anilines is 1. The van der Waals surface area contributed by atoms with Crippen LogP contribution in [-0.2, 0) is 6.54 Å². The topological polar surface area (TPSA) is 42.7 Å². The van der Waals surface area contributed by atoms with Gasteiger partial charge in [0.25, 0.3) is 0 Å². The molecule has 106 valence electrons. The molecule has 1 aliphatic carbocycles. The zero-order chi connectivity index (χ0) is 13.8. The number of nitrogens with one attached hydrogen (secondary N) is 1. The van der Waals surface area contributed by atoms with Crippen LogP contribution in [0.2, 0.25) is 0 Å². The Morgan fingerprint density at radius 2 is 2.10 bits per heavy atom. The van der Waals surface area contributed by atoms with Crippen molar-refractivity contribution in [3.63, 3.8) is 0 Å². The van der Waals surface area contributed by atoms with Crippen LogP contribution in [0.3, 0.4) is 0 Å². The molecular formula is C16H22N4. The first-order valence-electron chi connectivity index (χ1n) is 7.51. The van der Waals surface area contributed by atoms with Crippen LogP contribution in [0.4, 0.5) is 5.95 Å². The highest BCUT2D eigenvalue weighted by molar-refractivity contribution is 5.31. The summed E-state index contributed by atoms with van der Waals surface area (Å²) in [5.74, 6) is 0.986. The first-order valence-corrected chi connectivity index (χ1v) is 7.51. The van der Waals surface area contributed by atoms with Gasteiger partial charge >= 0.3 is 0 Å². The van der Waals surface area contributed by atoms with Gasteiger partial charge in [-0.1, -0.05) is 25.3 Å². The van der Waals surface area contributed by atoms with Gasteiger partial charge in [0.1, 0.15) is 0 Å². The van der Waals surface area contributed by atoms with Gasteiger partial charge in [-0.15, -0.1) is 0 Å². The summed E-state index contributed by atoms with van der Waals surface area (Å²) < 4.78 is 2.17. The summed E-state index contributed by atoms with van der Waals surface area (Å²) in [4.78, 5) is 9.02. The Morgan fingerprint density at radius 1 is 1.25 bits per heavy atom. The summed E-state index contributed by atoms with van der Waals surface area (Å²) in [6.07, 6.45) is 10.5. The second kappa shape index (κ2) is 6.07. The van der Waals surface area contributed by atoms with Crippen molar-refractivity contribution < 1.29 is 0 Å². The van der Waals surface area contributed by atoms with Crippen LogP contribution < -0.4 is 5.32 Å². The minimum absolute atomic E-state index is 0.577. The summed E-state index contributed by atoms with van der Waals surface area (Å²) in [5.41, 5.74) is 2.12. The normalized spacial score (nSPS) is 16.2. The van der Waals surface area contributed by atoms with Gasteiger partial charge in [-0.3, -0.25) is 4.98 Å². The Hall–Kier alpha value is -1.84. The van der Waals surface area contributed by atoms with Crippen LogP contribution >= 0.6 is 0 Å². The van der Waals surface area contributed by atoms with E-state index in [-0.39, 0.29) is 0 Å². The molecule has 0 radical (unpaired) electrons. The molecule has 0 atom stereocenters. The number of pyridine rings is 1. The molecule has 2 aromatic heterocycles. The van der Waals surface area contributed by atoms with E-state index in [2.05, 4.69) is 32.1 Å². The molecular weight excluding hydrogens is 248 g/mol. The quantitative estimate of drug-likeness (QED) is 0.926. The maximum atomic E-state index is 4.62. The van der Waals surface area contributed by atoms with Gasteiger partial charge in [-0.25, -0.2) is 4.98 Å². The number of hydrogen-bond donors (Lipinski definition) is 1. The second-order valence-corrected chi connectivity index (χ2v) is 5.63. The van der Waals surface area contributed by atoms with Crippen LogP contribution in [0.1, 0.15) is 43.5 Å². The SMILES string of the molecule is Cc1cn(Cc2ccccn2)c(NC2CCCCC2)n1. The van der Waals surface area contributed by atoms with E-state index >= 15 is 0 Å². The van der Waals surface area contributed by atoms with Gasteiger partial charge < -0.3 is 9.88 Å². The smallest absolute Gasteiger partial charge is 0.203 e. The minimum Gasteiger partial charge on any atom is -0.353 e. The zero-order valence-corrected chi connectivity index (χ0v) is 12.0. The van der Waals surface area contributed by atoms with E-state index in [1.165, 1.54) is 32.1 Å². The lowest BCUT2D eigenvalue weighted by Gasteiger charge is -2.23. The lowest BCUT2D eigenvalue weighted by atomic mass is 9.96. The van der Waals surface area contributed by atoms with Crippen LogP contribution in [0.5, 0.6) is 0 Å². The molecule has 2 aromatic rings. The first-order chi connectivity index (χ1) is 9.81. The molecule has 1 fully saturated rings. The van der Waals surface area contributed by atoms with Crippen molar-refractivity contribution in [3.05, 3.63) is 42.0 Å². The number of aromatic nitrogens is 3. The summed E-state index contributed by atoms with van der Waals surface area (Å²) in [5, 5.41) is 3.61. The van der Waals surface area contributed by atoms with E-state index in [9.17, 15) is 0 Å². The Balaban J connectivity index is 1.73. The van der Waals surface area contributed by atoms with Crippen LogP contribution in [0.25, 0.3) is 0 Å². The summed E-state index contributed by atoms with van der Waals surface area (Å²) in [7, 11) is 0. The molecule has 1 saturated carbocycles. The minimum atomic E-state index is 0.577. The van der Waals surface area contributed by atoms with E-state index in [4.69, 9.17) is 0 Å². The molecule has 0 amide bonds. The van der Waals surface area contributed by atoms with Crippen molar-refractivity contribution in [1.82, 2.24) is 14.5 Å². The van der Waals surface area contributed by atoms with Crippen LogP contribution in [-0.4, -0.2) is 20.6 Å².